The third-order valence-electron chi connectivity index (χ3n) is 4.21. The Balaban J connectivity index is 1.48. The van der Waals surface area contributed by atoms with Crippen LogP contribution in [0.25, 0.3) is 0 Å². The number of hydrogen-bond acceptors (Lipinski definition) is 7. The van der Waals surface area contributed by atoms with Crippen LogP contribution in [0.5, 0.6) is 5.75 Å². The van der Waals surface area contributed by atoms with Gasteiger partial charge in [0.05, 0.1) is 18.7 Å². The Morgan fingerprint density at radius 3 is 2.53 bits per heavy atom. The van der Waals surface area contributed by atoms with Crippen molar-refractivity contribution in [3.05, 3.63) is 71.0 Å². The van der Waals surface area contributed by atoms with Gasteiger partial charge in [-0.25, -0.2) is 0 Å². The zero-order chi connectivity index (χ0) is 21.3. The van der Waals surface area contributed by atoms with E-state index in [4.69, 9.17) is 14.7 Å². The number of ether oxygens (including phenoxy) is 1. The molecule has 0 spiro atoms. The number of aliphatic carboxylic acids is 1. The van der Waals surface area contributed by atoms with Crippen LogP contribution < -0.4 is 4.74 Å². The molecule has 0 atom stereocenters. The second-order valence-electron chi connectivity index (χ2n) is 6.69. The summed E-state index contributed by atoms with van der Waals surface area (Å²) < 4.78 is 5.65. The van der Waals surface area contributed by atoms with Gasteiger partial charge in [0, 0.05) is 0 Å². The van der Waals surface area contributed by atoms with E-state index in [-0.39, 0.29) is 19.6 Å². The summed E-state index contributed by atoms with van der Waals surface area (Å²) in [4.78, 5) is 17.3. The quantitative estimate of drug-likeness (QED) is 0.405. The standard InChI is InChI=1S/C21H23N5O4/c1-15-3-5-17(6-4-15)13-30-24-16(2)18-7-9-19(10-8-18)29-14-20-22-25-26(23-20)12-11-21(27)28/h3-10H,11-14H2,1-2H3,(H,27,28)/b24-16+. The molecule has 1 aromatic heterocycles. The molecule has 0 aliphatic heterocycles. The van der Waals surface area contributed by atoms with Crippen molar-refractivity contribution in [2.75, 3.05) is 0 Å². The minimum Gasteiger partial charge on any atom is -0.485 e. The van der Waals surface area contributed by atoms with Crippen molar-refractivity contribution in [3.63, 3.8) is 0 Å². The summed E-state index contributed by atoms with van der Waals surface area (Å²) in [6.45, 7) is 4.65. The third-order valence-corrected chi connectivity index (χ3v) is 4.21. The van der Waals surface area contributed by atoms with E-state index in [1.165, 1.54) is 10.4 Å². The lowest BCUT2D eigenvalue weighted by Crippen LogP contribution is -2.08. The average molecular weight is 409 g/mol. The number of aromatic nitrogens is 4. The van der Waals surface area contributed by atoms with Crippen LogP contribution in [0.4, 0.5) is 0 Å². The largest absolute Gasteiger partial charge is 0.485 e. The van der Waals surface area contributed by atoms with Crippen LogP contribution in [0.1, 0.15) is 35.9 Å². The Hall–Kier alpha value is -3.75. The normalized spacial score (nSPS) is 11.3. The topological polar surface area (TPSA) is 112 Å². The number of oxime groups is 1. The molecule has 2 aromatic carbocycles. The Kier molecular flexibility index (Phi) is 7.09. The van der Waals surface area contributed by atoms with Crippen molar-refractivity contribution >= 4 is 11.7 Å². The van der Waals surface area contributed by atoms with Gasteiger partial charge in [0.2, 0.25) is 5.82 Å². The molecule has 0 radical (unpaired) electrons. The van der Waals surface area contributed by atoms with Gasteiger partial charge in [-0.15, -0.1) is 10.2 Å². The Bertz CT molecular complexity index is 997. The maximum absolute atomic E-state index is 10.6. The number of carboxylic acids is 1. The van der Waals surface area contributed by atoms with Gasteiger partial charge in [0.25, 0.3) is 0 Å². The summed E-state index contributed by atoms with van der Waals surface area (Å²) in [5.41, 5.74) is 3.95. The lowest BCUT2D eigenvalue weighted by atomic mass is 10.1. The van der Waals surface area contributed by atoms with E-state index in [1.54, 1.807) is 0 Å². The molecule has 0 bridgehead atoms. The van der Waals surface area contributed by atoms with E-state index in [9.17, 15) is 4.79 Å². The molecule has 0 aliphatic rings. The Morgan fingerprint density at radius 2 is 1.83 bits per heavy atom. The molecule has 3 rings (SSSR count). The predicted molar refractivity (Wildman–Crippen MR) is 109 cm³/mol. The van der Waals surface area contributed by atoms with Crippen molar-refractivity contribution in [1.82, 2.24) is 20.2 Å². The molecular formula is C21H23N5O4. The van der Waals surface area contributed by atoms with Gasteiger partial charge < -0.3 is 14.7 Å². The maximum atomic E-state index is 10.6. The molecule has 1 heterocycles. The van der Waals surface area contributed by atoms with Crippen LogP contribution >= 0.6 is 0 Å². The van der Waals surface area contributed by atoms with Gasteiger partial charge in [0.1, 0.15) is 12.4 Å². The van der Waals surface area contributed by atoms with Gasteiger partial charge in [-0.2, -0.15) is 4.80 Å². The molecule has 9 nitrogen and oxygen atoms in total. The highest BCUT2D eigenvalue weighted by Crippen LogP contribution is 2.14. The van der Waals surface area contributed by atoms with Gasteiger partial charge >= 0.3 is 5.97 Å². The van der Waals surface area contributed by atoms with Crippen LogP contribution in [-0.4, -0.2) is 37.0 Å². The lowest BCUT2D eigenvalue weighted by Gasteiger charge is -2.06. The zero-order valence-corrected chi connectivity index (χ0v) is 16.9. The van der Waals surface area contributed by atoms with E-state index in [1.807, 2.05) is 62.4 Å². The first-order valence-electron chi connectivity index (χ1n) is 9.43. The highest BCUT2D eigenvalue weighted by atomic mass is 16.6. The first-order chi connectivity index (χ1) is 14.5. The summed E-state index contributed by atoms with van der Waals surface area (Å²) in [5, 5.41) is 24.6. The fourth-order valence-corrected chi connectivity index (χ4v) is 2.51. The highest BCUT2D eigenvalue weighted by molar-refractivity contribution is 5.98. The van der Waals surface area contributed by atoms with Crippen LogP contribution in [-0.2, 0) is 29.4 Å². The van der Waals surface area contributed by atoms with Crippen LogP contribution in [0, 0.1) is 6.92 Å². The van der Waals surface area contributed by atoms with Gasteiger partial charge in [-0.3, -0.25) is 4.79 Å². The van der Waals surface area contributed by atoms with Crippen LogP contribution in [0.3, 0.4) is 0 Å². The smallest absolute Gasteiger partial charge is 0.305 e. The molecule has 0 aliphatic carbocycles. The first-order valence-corrected chi connectivity index (χ1v) is 9.43. The molecule has 1 N–H and O–H groups in total. The third kappa shape index (κ3) is 6.40. The van der Waals surface area contributed by atoms with Crippen molar-refractivity contribution < 1.29 is 19.5 Å². The molecule has 3 aromatic rings. The summed E-state index contributed by atoms with van der Waals surface area (Å²) in [7, 11) is 0. The van der Waals surface area contributed by atoms with Crippen LogP contribution in [0.15, 0.2) is 53.7 Å². The zero-order valence-electron chi connectivity index (χ0n) is 16.9. The fourth-order valence-electron chi connectivity index (χ4n) is 2.51. The van der Waals surface area contributed by atoms with Gasteiger partial charge in [-0.1, -0.05) is 35.0 Å². The number of tetrazole rings is 1. The van der Waals surface area contributed by atoms with Crippen molar-refractivity contribution in [3.8, 4) is 5.75 Å². The monoisotopic (exact) mass is 409 g/mol. The van der Waals surface area contributed by atoms with E-state index < -0.39 is 5.97 Å². The molecule has 0 saturated heterocycles. The fraction of sp³-hybridized carbons (Fsp3) is 0.286. The summed E-state index contributed by atoms with van der Waals surface area (Å²) >= 11 is 0. The van der Waals surface area contributed by atoms with E-state index in [0.29, 0.717) is 18.2 Å². The van der Waals surface area contributed by atoms with Gasteiger partial charge in [-0.05, 0) is 54.5 Å². The van der Waals surface area contributed by atoms with E-state index in [2.05, 4.69) is 20.6 Å². The minimum absolute atomic E-state index is 0.0617. The Labute approximate surface area is 173 Å². The summed E-state index contributed by atoms with van der Waals surface area (Å²) in [6.07, 6.45) is -0.0617. The Morgan fingerprint density at radius 1 is 1.10 bits per heavy atom. The molecule has 0 saturated carbocycles. The second-order valence-corrected chi connectivity index (χ2v) is 6.69. The number of nitrogens with zero attached hydrogens (tertiary/aromatic N) is 5. The molecular weight excluding hydrogens is 386 g/mol. The number of rotatable bonds is 10. The summed E-state index contributed by atoms with van der Waals surface area (Å²) in [5.74, 6) is 0.116. The number of hydrogen-bond donors (Lipinski definition) is 1. The molecule has 156 valence electrons. The number of carbonyl (C=O) groups is 1. The van der Waals surface area contributed by atoms with E-state index in [0.717, 1.165) is 16.8 Å². The molecule has 9 heteroatoms. The SMILES string of the molecule is C/C(=N\OCc1ccc(C)cc1)c1ccc(OCc2nnn(CCC(=O)O)n2)cc1. The van der Waals surface area contributed by atoms with Crippen molar-refractivity contribution in [2.24, 2.45) is 5.16 Å². The maximum Gasteiger partial charge on any atom is 0.305 e. The number of benzene rings is 2. The summed E-state index contributed by atoms with van der Waals surface area (Å²) in [6, 6.07) is 15.5. The second kappa shape index (κ2) is 10.1. The number of carboxylic acid groups (broad SMARTS) is 1. The molecule has 0 fully saturated rings. The van der Waals surface area contributed by atoms with E-state index >= 15 is 0 Å². The molecule has 0 unspecified atom stereocenters. The first kappa shape index (κ1) is 21.0. The highest BCUT2D eigenvalue weighted by Gasteiger charge is 2.06. The van der Waals surface area contributed by atoms with Crippen molar-refractivity contribution in [2.45, 2.75) is 40.0 Å². The predicted octanol–water partition coefficient (Wildman–Crippen LogP) is 2.98. The minimum atomic E-state index is -0.912. The van der Waals surface area contributed by atoms with Crippen molar-refractivity contribution in [1.29, 1.82) is 0 Å². The van der Waals surface area contributed by atoms with Gasteiger partial charge in [0.15, 0.2) is 6.61 Å². The van der Waals surface area contributed by atoms with Crippen LogP contribution in [0.2, 0.25) is 0 Å². The average Bonchev–Trinajstić information content (AvgIpc) is 3.20. The molecule has 30 heavy (non-hydrogen) atoms. The number of aryl methyl sites for hydroxylation is 2. The lowest BCUT2D eigenvalue weighted by molar-refractivity contribution is -0.137. The molecule has 0 amide bonds.